The predicted octanol–water partition coefficient (Wildman–Crippen LogP) is 3.17. The maximum Gasteiger partial charge on any atom is 0.0368 e. The average Bonchev–Trinajstić information content (AvgIpc) is 2.54. The van der Waals surface area contributed by atoms with Crippen LogP contribution in [0.4, 0.5) is 0 Å². The summed E-state index contributed by atoms with van der Waals surface area (Å²) in [6.45, 7) is 15.5. The van der Waals surface area contributed by atoms with Gasteiger partial charge < -0.3 is 15.1 Å². The SMILES string of the molecule is C=C(/C(=C/C=C\C)CC)N1CCC2(CC1)NCCN(C)C2C. The van der Waals surface area contributed by atoms with Gasteiger partial charge in [-0.15, -0.1) is 0 Å². The number of piperazine rings is 1. The summed E-state index contributed by atoms with van der Waals surface area (Å²) in [6.07, 6.45) is 9.87. The van der Waals surface area contributed by atoms with Gasteiger partial charge in [0, 0.05) is 43.5 Å². The van der Waals surface area contributed by atoms with Gasteiger partial charge in [0.1, 0.15) is 0 Å². The van der Waals surface area contributed by atoms with Crippen molar-refractivity contribution in [2.45, 2.75) is 51.6 Å². The van der Waals surface area contributed by atoms with E-state index in [0.29, 0.717) is 11.6 Å². The van der Waals surface area contributed by atoms with E-state index in [1.165, 1.54) is 24.1 Å². The molecule has 1 spiro atoms. The maximum absolute atomic E-state index is 4.36. The number of piperidine rings is 1. The standard InChI is InChI=1S/C19H33N3/c1-6-8-9-18(7-2)16(3)22-13-10-19(11-14-22)17(4)21(5)15-12-20-19/h6,8-9,17,20H,3,7,10-15H2,1-2,4-5H3/b8-6-,18-9+. The van der Waals surface area contributed by atoms with Crippen LogP contribution in [0.1, 0.15) is 40.0 Å². The highest BCUT2D eigenvalue weighted by Crippen LogP contribution is 2.32. The predicted molar refractivity (Wildman–Crippen MR) is 96.0 cm³/mol. The molecule has 2 rings (SSSR count). The smallest absolute Gasteiger partial charge is 0.0368 e. The van der Waals surface area contributed by atoms with E-state index in [-0.39, 0.29) is 0 Å². The van der Waals surface area contributed by atoms with Crippen LogP contribution < -0.4 is 5.32 Å². The molecule has 124 valence electrons. The first-order chi connectivity index (χ1) is 10.5. The van der Waals surface area contributed by atoms with Crippen LogP contribution in [0.5, 0.6) is 0 Å². The molecule has 1 unspecified atom stereocenters. The van der Waals surface area contributed by atoms with Crippen LogP contribution in [0, 0.1) is 0 Å². The molecular formula is C19H33N3. The van der Waals surface area contributed by atoms with Crippen LogP contribution in [0.2, 0.25) is 0 Å². The van der Waals surface area contributed by atoms with Gasteiger partial charge in [0.25, 0.3) is 0 Å². The molecule has 3 heteroatoms. The number of hydrogen-bond acceptors (Lipinski definition) is 3. The van der Waals surface area contributed by atoms with E-state index in [9.17, 15) is 0 Å². The topological polar surface area (TPSA) is 18.5 Å². The lowest BCUT2D eigenvalue weighted by molar-refractivity contribution is 0.0407. The normalized spacial score (nSPS) is 26.8. The zero-order chi connectivity index (χ0) is 16.2. The summed E-state index contributed by atoms with van der Waals surface area (Å²) in [5.41, 5.74) is 2.87. The average molecular weight is 303 g/mol. The Morgan fingerprint density at radius 3 is 2.59 bits per heavy atom. The molecule has 2 aliphatic heterocycles. The van der Waals surface area contributed by atoms with Crippen molar-refractivity contribution in [3.05, 3.63) is 36.1 Å². The monoisotopic (exact) mass is 303 g/mol. The van der Waals surface area contributed by atoms with Gasteiger partial charge in [-0.05, 0) is 45.7 Å². The Hall–Kier alpha value is -1.06. The number of nitrogens with zero attached hydrogens (tertiary/aromatic N) is 2. The minimum Gasteiger partial charge on any atom is -0.372 e. The molecule has 0 aromatic carbocycles. The number of likely N-dealkylation sites (tertiary alicyclic amines) is 1. The van der Waals surface area contributed by atoms with Crippen molar-refractivity contribution in [2.75, 3.05) is 33.2 Å². The van der Waals surface area contributed by atoms with Gasteiger partial charge in [0.15, 0.2) is 0 Å². The van der Waals surface area contributed by atoms with Gasteiger partial charge in [0.2, 0.25) is 0 Å². The zero-order valence-electron chi connectivity index (χ0n) is 14.9. The molecule has 0 aliphatic carbocycles. The quantitative estimate of drug-likeness (QED) is 0.805. The summed E-state index contributed by atoms with van der Waals surface area (Å²) < 4.78 is 0. The summed E-state index contributed by atoms with van der Waals surface area (Å²) in [5.74, 6) is 0. The molecule has 2 saturated heterocycles. The lowest BCUT2D eigenvalue weighted by Gasteiger charge is -2.52. The van der Waals surface area contributed by atoms with Crippen molar-refractivity contribution < 1.29 is 0 Å². The minimum atomic E-state index is 0.295. The highest BCUT2D eigenvalue weighted by Gasteiger charge is 2.42. The summed E-state index contributed by atoms with van der Waals surface area (Å²) in [6, 6.07) is 0.612. The molecule has 0 saturated carbocycles. The van der Waals surface area contributed by atoms with Crippen LogP contribution in [0.15, 0.2) is 36.1 Å². The highest BCUT2D eigenvalue weighted by atomic mass is 15.3. The van der Waals surface area contributed by atoms with E-state index >= 15 is 0 Å². The summed E-state index contributed by atoms with van der Waals surface area (Å²) in [7, 11) is 2.26. The molecule has 1 N–H and O–H groups in total. The van der Waals surface area contributed by atoms with E-state index < -0.39 is 0 Å². The molecular weight excluding hydrogens is 270 g/mol. The number of rotatable bonds is 4. The Morgan fingerprint density at radius 2 is 2.00 bits per heavy atom. The van der Waals surface area contributed by atoms with Crippen molar-refractivity contribution in [3.63, 3.8) is 0 Å². The van der Waals surface area contributed by atoms with Crippen molar-refractivity contribution in [3.8, 4) is 0 Å². The molecule has 2 aliphatic rings. The van der Waals surface area contributed by atoms with Gasteiger partial charge >= 0.3 is 0 Å². The second-order valence-corrected chi connectivity index (χ2v) is 6.74. The van der Waals surface area contributed by atoms with Gasteiger partial charge in [-0.25, -0.2) is 0 Å². The van der Waals surface area contributed by atoms with Crippen LogP contribution in [-0.4, -0.2) is 54.6 Å². The number of likely N-dealkylation sites (N-methyl/N-ethyl adjacent to an activating group) is 1. The number of allylic oxidation sites excluding steroid dienone is 4. The Kier molecular flexibility index (Phi) is 5.87. The third-order valence-corrected chi connectivity index (χ3v) is 5.68. The van der Waals surface area contributed by atoms with E-state index in [2.05, 4.69) is 67.7 Å². The molecule has 1 atom stereocenters. The van der Waals surface area contributed by atoms with E-state index in [1.807, 2.05) is 0 Å². The van der Waals surface area contributed by atoms with Crippen LogP contribution in [0.25, 0.3) is 0 Å². The Bertz CT molecular complexity index is 442. The first kappa shape index (κ1) is 17.3. The largest absolute Gasteiger partial charge is 0.372 e. The van der Waals surface area contributed by atoms with Crippen molar-refractivity contribution in [2.24, 2.45) is 0 Å². The Balaban J connectivity index is 2.01. The molecule has 22 heavy (non-hydrogen) atoms. The summed E-state index contributed by atoms with van der Waals surface area (Å²) >= 11 is 0. The molecule has 0 bridgehead atoms. The van der Waals surface area contributed by atoms with Crippen molar-refractivity contribution in [1.82, 2.24) is 15.1 Å². The molecule has 2 fully saturated rings. The summed E-state index contributed by atoms with van der Waals surface area (Å²) in [4.78, 5) is 4.98. The molecule has 0 aromatic heterocycles. The van der Waals surface area contributed by atoms with Gasteiger partial charge in [0.05, 0.1) is 0 Å². The first-order valence-electron chi connectivity index (χ1n) is 8.75. The second kappa shape index (κ2) is 7.47. The Labute approximate surface area is 136 Å². The van der Waals surface area contributed by atoms with E-state index in [4.69, 9.17) is 0 Å². The lowest BCUT2D eigenvalue weighted by Crippen LogP contribution is -2.67. The molecule has 0 radical (unpaired) electrons. The highest BCUT2D eigenvalue weighted by molar-refractivity contribution is 5.31. The first-order valence-corrected chi connectivity index (χ1v) is 8.75. The van der Waals surface area contributed by atoms with E-state index in [0.717, 1.165) is 32.6 Å². The molecule has 2 heterocycles. The van der Waals surface area contributed by atoms with Gasteiger partial charge in [-0.2, -0.15) is 0 Å². The zero-order valence-corrected chi connectivity index (χ0v) is 14.9. The number of hydrogen-bond donors (Lipinski definition) is 1. The maximum atomic E-state index is 4.36. The van der Waals surface area contributed by atoms with E-state index in [1.54, 1.807) is 0 Å². The third kappa shape index (κ3) is 3.47. The molecule has 0 aromatic rings. The van der Waals surface area contributed by atoms with Crippen LogP contribution in [0.3, 0.4) is 0 Å². The Morgan fingerprint density at radius 1 is 1.32 bits per heavy atom. The van der Waals surface area contributed by atoms with Crippen molar-refractivity contribution >= 4 is 0 Å². The number of nitrogens with one attached hydrogen (secondary N) is 1. The van der Waals surface area contributed by atoms with Gasteiger partial charge in [-0.3, -0.25) is 0 Å². The fourth-order valence-electron chi connectivity index (χ4n) is 3.85. The summed E-state index contributed by atoms with van der Waals surface area (Å²) in [5, 5.41) is 3.83. The van der Waals surface area contributed by atoms with Crippen LogP contribution in [-0.2, 0) is 0 Å². The van der Waals surface area contributed by atoms with Crippen LogP contribution >= 0.6 is 0 Å². The molecule has 3 nitrogen and oxygen atoms in total. The second-order valence-electron chi connectivity index (χ2n) is 6.74. The third-order valence-electron chi connectivity index (χ3n) is 5.68. The minimum absolute atomic E-state index is 0.295. The fraction of sp³-hybridized carbons (Fsp3) is 0.684. The lowest BCUT2D eigenvalue weighted by atomic mass is 9.79. The fourth-order valence-corrected chi connectivity index (χ4v) is 3.85. The van der Waals surface area contributed by atoms with Gasteiger partial charge in [-0.1, -0.05) is 31.7 Å². The van der Waals surface area contributed by atoms with Crippen molar-refractivity contribution in [1.29, 1.82) is 0 Å². The molecule has 0 amide bonds.